The van der Waals surface area contributed by atoms with E-state index < -0.39 is 0 Å². The van der Waals surface area contributed by atoms with Crippen LogP contribution in [0.4, 0.5) is 0 Å². The molecule has 1 aliphatic heterocycles. The minimum atomic E-state index is 0.0413. The van der Waals surface area contributed by atoms with Crippen molar-refractivity contribution in [3.8, 4) is 5.75 Å². The zero-order valence-corrected chi connectivity index (χ0v) is 16.0. The minimum Gasteiger partial charge on any atom is -0.494 e. The van der Waals surface area contributed by atoms with Gasteiger partial charge < -0.3 is 14.5 Å². The lowest BCUT2D eigenvalue weighted by molar-refractivity contribution is -0.118. The summed E-state index contributed by atoms with van der Waals surface area (Å²) >= 11 is 1.53. The normalized spacial score (nSPS) is 15.7. The fourth-order valence-corrected chi connectivity index (χ4v) is 3.88. The summed E-state index contributed by atoms with van der Waals surface area (Å²) in [5.74, 6) is 2.22. The summed E-state index contributed by atoms with van der Waals surface area (Å²) in [5, 5.41) is 3.06. The molecule has 0 saturated carbocycles. The van der Waals surface area contributed by atoms with Gasteiger partial charge in [0.25, 0.3) is 0 Å². The first kappa shape index (κ1) is 18.9. The number of furan rings is 1. The Hall–Kier alpha value is -1.92. The number of nitrogens with zero attached hydrogens (tertiary/aromatic N) is 1. The summed E-state index contributed by atoms with van der Waals surface area (Å²) in [6, 6.07) is 11.9. The number of rotatable bonds is 9. The number of carbonyl (C=O) groups is 1. The SMILES string of the molecule is CCOc1ccc(SCC(=O)NCC(c2ccco2)N2CCCC2)cc1. The average molecular weight is 375 g/mol. The van der Waals surface area contributed by atoms with Gasteiger partial charge in [-0.3, -0.25) is 9.69 Å². The van der Waals surface area contributed by atoms with Crippen LogP contribution in [-0.4, -0.2) is 42.8 Å². The Labute approximate surface area is 159 Å². The molecule has 2 heterocycles. The van der Waals surface area contributed by atoms with E-state index >= 15 is 0 Å². The number of likely N-dealkylation sites (tertiary alicyclic amines) is 1. The summed E-state index contributed by atoms with van der Waals surface area (Å²) in [5.41, 5.74) is 0. The van der Waals surface area contributed by atoms with Crippen molar-refractivity contribution in [1.29, 1.82) is 0 Å². The van der Waals surface area contributed by atoms with Gasteiger partial charge in [-0.1, -0.05) is 0 Å². The van der Waals surface area contributed by atoms with E-state index in [2.05, 4.69) is 10.2 Å². The third-order valence-electron chi connectivity index (χ3n) is 4.45. The lowest BCUT2D eigenvalue weighted by Crippen LogP contribution is -2.37. The Morgan fingerprint density at radius 2 is 2.04 bits per heavy atom. The molecule has 2 aromatic rings. The third kappa shape index (κ3) is 5.29. The molecule has 1 unspecified atom stereocenters. The summed E-state index contributed by atoms with van der Waals surface area (Å²) < 4.78 is 11.0. The molecule has 1 aliphatic rings. The smallest absolute Gasteiger partial charge is 0.230 e. The number of benzene rings is 1. The van der Waals surface area contributed by atoms with Gasteiger partial charge in [0.05, 0.1) is 24.7 Å². The van der Waals surface area contributed by atoms with Crippen LogP contribution in [0.2, 0.25) is 0 Å². The summed E-state index contributed by atoms with van der Waals surface area (Å²) in [4.78, 5) is 15.7. The van der Waals surface area contributed by atoms with Crippen LogP contribution < -0.4 is 10.1 Å². The first-order valence-electron chi connectivity index (χ1n) is 9.16. The number of hydrogen-bond donors (Lipinski definition) is 1. The van der Waals surface area contributed by atoms with E-state index in [9.17, 15) is 4.79 Å². The largest absolute Gasteiger partial charge is 0.494 e. The maximum atomic E-state index is 12.3. The van der Waals surface area contributed by atoms with Gasteiger partial charge in [0.2, 0.25) is 5.91 Å². The standard InChI is InChI=1S/C20H26N2O3S/c1-2-24-16-7-9-17(10-8-16)26-15-20(23)21-14-18(19-6-5-13-25-19)22-11-3-4-12-22/h5-10,13,18H,2-4,11-12,14-15H2,1H3,(H,21,23). The molecule has 1 saturated heterocycles. The average Bonchev–Trinajstić information content (AvgIpc) is 3.36. The van der Waals surface area contributed by atoms with Crippen LogP contribution in [0.3, 0.4) is 0 Å². The zero-order valence-electron chi connectivity index (χ0n) is 15.1. The highest BCUT2D eigenvalue weighted by molar-refractivity contribution is 8.00. The van der Waals surface area contributed by atoms with Gasteiger partial charge in [-0.25, -0.2) is 0 Å². The third-order valence-corrected chi connectivity index (χ3v) is 5.46. The Morgan fingerprint density at radius 1 is 1.27 bits per heavy atom. The molecule has 0 bridgehead atoms. The molecule has 1 atom stereocenters. The number of hydrogen-bond acceptors (Lipinski definition) is 5. The van der Waals surface area contributed by atoms with Crippen molar-refractivity contribution in [3.05, 3.63) is 48.4 Å². The van der Waals surface area contributed by atoms with Crippen molar-refractivity contribution in [2.75, 3.05) is 32.0 Å². The quantitative estimate of drug-likeness (QED) is 0.678. The second-order valence-electron chi connectivity index (χ2n) is 6.27. The van der Waals surface area contributed by atoms with Crippen molar-refractivity contribution in [2.45, 2.75) is 30.7 Å². The molecule has 0 spiro atoms. The number of ether oxygens (including phenoxy) is 1. The maximum absolute atomic E-state index is 12.3. The molecule has 1 aromatic heterocycles. The first-order valence-corrected chi connectivity index (χ1v) is 10.1. The number of amides is 1. The van der Waals surface area contributed by atoms with E-state index in [1.54, 1.807) is 6.26 Å². The van der Waals surface area contributed by atoms with Crippen molar-refractivity contribution < 1.29 is 13.9 Å². The summed E-state index contributed by atoms with van der Waals surface area (Å²) in [7, 11) is 0. The molecule has 26 heavy (non-hydrogen) atoms. The summed E-state index contributed by atoms with van der Waals surface area (Å²) in [6.45, 7) is 5.31. The topological polar surface area (TPSA) is 54.7 Å². The van der Waals surface area contributed by atoms with Crippen LogP contribution in [0.1, 0.15) is 31.6 Å². The van der Waals surface area contributed by atoms with Gasteiger partial charge in [-0.05, 0) is 69.3 Å². The van der Waals surface area contributed by atoms with Gasteiger partial charge in [-0.15, -0.1) is 11.8 Å². The van der Waals surface area contributed by atoms with E-state index in [0.29, 0.717) is 18.9 Å². The van der Waals surface area contributed by atoms with Crippen LogP contribution in [0.15, 0.2) is 52.0 Å². The number of thioether (sulfide) groups is 1. The molecule has 0 aliphatic carbocycles. The van der Waals surface area contributed by atoms with E-state index in [1.807, 2.05) is 43.3 Å². The van der Waals surface area contributed by atoms with Crippen molar-refractivity contribution in [3.63, 3.8) is 0 Å². The van der Waals surface area contributed by atoms with Gasteiger partial charge >= 0.3 is 0 Å². The molecule has 5 nitrogen and oxygen atoms in total. The van der Waals surface area contributed by atoms with E-state index in [-0.39, 0.29) is 11.9 Å². The van der Waals surface area contributed by atoms with Crippen LogP contribution in [0.5, 0.6) is 5.75 Å². The Kier molecular flexibility index (Phi) is 7.03. The van der Waals surface area contributed by atoms with Crippen LogP contribution in [-0.2, 0) is 4.79 Å². The van der Waals surface area contributed by atoms with Crippen molar-refractivity contribution in [1.82, 2.24) is 10.2 Å². The predicted octanol–water partition coefficient (Wildman–Crippen LogP) is 3.72. The Bertz CT molecular complexity index is 667. The minimum absolute atomic E-state index is 0.0413. The zero-order chi connectivity index (χ0) is 18.2. The lowest BCUT2D eigenvalue weighted by Gasteiger charge is -2.26. The predicted molar refractivity (Wildman–Crippen MR) is 104 cm³/mol. The second-order valence-corrected chi connectivity index (χ2v) is 7.32. The van der Waals surface area contributed by atoms with Crippen molar-refractivity contribution >= 4 is 17.7 Å². The highest BCUT2D eigenvalue weighted by Gasteiger charge is 2.25. The molecule has 3 rings (SSSR count). The molecule has 1 fully saturated rings. The van der Waals surface area contributed by atoms with Crippen molar-refractivity contribution in [2.24, 2.45) is 0 Å². The molecule has 0 radical (unpaired) electrons. The summed E-state index contributed by atoms with van der Waals surface area (Å²) in [6.07, 6.45) is 4.11. The molecule has 1 aromatic carbocycles. The molecular weight excluding hydrogens is 348 g/mol. The molecule has 6 heteroatoms. The first-order chi connectivity index (χ1) is 12.8. The van der Waals surface area contributed by atoms with Crippen LogP contribution in [0, 0.1) is 0 Å². The number of carbonyl (C=O) groups excluding carboxylic acids is 1. The number of nitrogens with one attached hydrogen (secondary N) is 1. The lowest BCUT2D eigenvalue weighted by atomic mass is 10.2. The maximum Gasteiger partial charge on any atom is 0.230 e. The monoisotopic (exact) mass is 374 g/mol. The van der Waals surface area contributed by atoms with Gasteiger partial charge in [0.1, 0.15) is 11.5 Å². The fourth-order valence-electron chi connectivity index (χ4n) is 3.15. The van der Waals surface area contributed by atoms with E-state index in [4.69, 9.17) is 9.15 Å². The van der Waals surface area contributed by atoms with E-state index in [1.165, 1.54) is 24.6 Å². The molecule has 1 amide bonds. The molecular formula is C20H26N2O3S. The molecule has 140 valence electrons. The van der Waals surface area contributed by atoms with Crippen LogP contribution >= 0.6 is 11.8 Å². The van der Waals surface area contributed by atoms with Crippen LogP contribution in [0.25, 0.3) is 0 Å². The Morgan fingerprint density at radius 3 is 2.69 bits per heavy atom. The molecule has 1 N–H and O–H groups in total. The fraction of sp³-hybridized carbons (Fsp3) is 0.450. The van der Waals surface area contributed by atoms with Gasteiger partial charge in [-0.2, -0.15) is 0 Å². The Balaban J connectivity index is 1.47. The van der Waals surface area contributed by atoms with Gasteiger partial charge in [0, 0.05) is 11.4 Å². The van der Waals surface area contributed by atoms with E-state index in [0.717, 1.165) is 29.5 Å². The highest BCUT2D eigenvalue weighted by atomic mass is 32.2. The highest BCUT2D eigenvalue weighted by Crippen LogP contribution is 2.25. The van der Waals surface area contributed by atoms with Gasteiger partial charge in [0.15, 0.2) is 0 Å². The second kappa shape index (κ2) is 9.69.